The lowest BCUT2D eigenvalue weighted by Crippen LogP contribution is -2.52. The molecule has 1 fully saturated rings. The van der Waals surface area contributed by atoms with Crippen LogP contribution >= 0.6 is 11.6 Å². The number of hydrogen-bond donors (Lipinski definition) is 1. The van der Waals surface area contributed by atoms with E-state index in [2.05, 4.69) is 9.97 Å². The predicted molar refractivity (Wildman–Crippen MR) is 125 cm³/mol. The molecule has 1 aromatic carbocycles. The molecule has 1 aliphatic heterocycles. The summed E-state index contributed by atoms with van der Waals surface area (Å²) in [6.45, 7) is 5.18. The second-order valence-corrected chi connectivity index (χ2v) is 11.6. The molecule has 1 aromatic heterocycles. The third-order valence-electron chi connectivity index (χ3n) is 5.17. The molecule has 3 rings (SSSR count). The molecule has 36 heavy (non-hydrogen) atoms. The number of sulfonamides is 1. The average molecular weight is 551 g/mol. The van der Waals surface area contributed by atoms with Crippen molar-refractivity contribution in [2.45, 2.75) is 57.7 Å². The number of nitrogens with one attached hydrogen (secondary N) is 1. The Morgan fingerprint density at radius 2 is 2.00 bits per heavy atom. The van der Waals surface area contributed by atoms with Crippen molar-refractivity contribution < 1.29 is 35.9 Å². The number of rotatable bonds is 6. The molecule has 0 unspecified atom stereocenters. The van der Waals surface area contributed by atoms with Gasteiger partial charge in [0.05, 0.1) is 18.8 Å². The number of carbonyl (C=O) groups is 1. The van der Waals surface area contributed by atoms with E-state index >= 15 is 4.39 Å². The topological polar surface area (TPSA) is 111 Å². The van der Waals surface area contributed by atoms with Gasteiger partial charge in [0.25, 0.3) is 5.92 Å². The van der Waals surface area contributed by atoms with Crippen LogP contribution in [0.3, 0.4) is 0 Å². The second-order valence-electron chi connectivity index (χ2n) is 9.47. The van der Waals surface area contributed by atoms with Gasteiger partial charge < -0.3 is 9.47 Å². The number of benzene rings is 1. The van der Waals surface area contributed by atoms with E-state index in [0.717, 1.165) is 11.2 Å². The van der Waals surface area contributed by atoms with E-state index < -0.39 is 58.5 Å². The number of amides is 1. The summed E-state index contributed by atoms with van der Waals surface area (Å²) in [5.41, 5.74) is -0.635. The van der Waals surface area contributed by atoms with Gasteiger partial charge in [0.1, 0.15) is 11.6 Å². The molecule has 2 heterocycles. The van der Waals surface area contributed by atoms with Crippen LogP contribution in [0.4, 0.5) is 18.0 Å². The number of ether oxygens (including phenoxy) is 2. The maximum atomic E-state index is 15.4. The molecule has 9 nitrogen and oxygen atoms in total. The zero-order valence-corrected chi connectivity index (χ0v) is 21.8. The highest BCUT2D eigenvalue weighted by atomic mass is 35.5. The van der Waals surface area contributed by atoms with Gasteiger partial charge in [-0.05, 0) is 57.3 Å². The highest BCUT2D eigenvalue weighted by Crippen LogP contribution is 2.37. The molecule has 0 bridgehead atoms. The van der Waals surface area contributed by atoms with Crippen LogP contribution in [0.25, 0.3) is 0 Å². The van der Waals surface area contributed by atoms with E-state index in [0.29, 0.717) is 5.56 Å². The summed E-state index contributed by atoms with van der Waals surface area (Å²) < 4.78 is 81.8. The Kier molecular flexibility index (Phi) is 7.78. The van der Waals surface area contributed by atoms with E-state index in [1.54, 1.807) is 27.7 Å². The predicted octanol–water partition coefficient (Wildman–Crippen LogP) is 4.08. The monoisotopic (exact) mass is 550 g/mol. The summed E-state index contributed by atoms with van der Waals surface area (Å²) in [5.74, 6) is -4.83. The van der Waals surface area contributed by atoms with E-state index in [4.69, 9.17) is 21.1 Å². The van der Waals surface area contributed by atoms with E-state index in [9.17, 15) is 22.0 Å². The molecule has 2 aromatic rings. The third-order valence-corrected chi connectivity index (χ3v) is 6.03. The quantitative estimate of drug-likeness (QED) is 0.539. The summed E-state index contributed by atoms with van der Waals surface area (Å²) in [6, 6.07) is 0.561. The molecule has 1 saturated heterocycles. The fourth-order valence-electron chi connectivity index (χ4n) is 3.68. The SMILES string of the molecule is Cc1cnc(Cl)nc1Oc1cccc(C[C@H]2[C@@H](NS(C)(=O)=O)C(F)(F)CN2C(=O)OC(C)(C)C)c1F. The van der Waals surface area contributed by atoms with Crippen molar-refractivity contribution in [3.63, 3.8) is 0 Å². The van der Waals surface area contributed by atoms with Gasteiger partial charge in [-0.25, -0.2) is 36.1 Å². The fourth-order valence-corrected chi connectivity index (χ4v) is 4.60. The molecule has 198 valence electrons. The van der Waals surface area contributed by atoms with Crippen LogP contribution in [-0.4, -0.2) is 65.8 Å². The van der Waals surface area contributed by atoms with Gasteiger partial charge in [0.15, 0.2) is 11.6 Å². The Labute approximate surface area is 212 Å². The molecule has 1 aliphatic rings. The van der Waals surface area contributed by atoms with Gasteiger partial charge in [0, 0.05) is 11.8 Å². The Hall–Kier alpha value is -2.64. The molecule has 2 atom stereocenters. The molecule has 14 heteroatoms. The van der Waals surface area contributed by atoms with Crippen molar-refractivity contribution >= 4 is 27.7 Å². The molecule has 0 radical (unpaired) electrons. The lowest BCUT2D eigenvalue weighted by atomic mass is 9.98. The molecular formula is C22H26ClF3N4O5S. The average Bonchev–Trinajstić information content (AvgIpc) is 2.95. The first-order valence-corrected chi connectivity index (χ1v) is 13.0. The van der Waals surface area contributed by atoms with Gasteiger partial charge in [-0.15, -0.1) is 0 Å². The van der Waals surface area contributed by atoms with Gasteiger partial charge in [-0.2, -0.15) is 4.98 Å². The Morgan fingerprint density at radius 1 is 1.33 bits per heavy atom. The largest absolute Gasteiger partial charge is 0.444 e. The summed E-state index contributed by atoms with van der Waals surface area (Å²) in [6.07, 6.45) is 0.562. The van der Waals surface area contributed by atoms with Gasteiger partial charge in [-0.1, -0.05) is 12.1 Å². The Bertz CT molecular complexity index is 1260. The highest BCUT2D eigenvalue weighted by Gasteiger charge is 2.57. The van der Waals surface area contributed by atoms with E-state index in [1.165, 1.54) is 24.4 Å². The van der Waals surface area contributed by atoms with Crippen LogP contribution in [0.5, 0.6) is 11.6 Å². The number of alkyl halides is 2. The normalized spacial score (nSPS) is 19.9. The van der Waals surface area contributed by atoms with Crippen LogP contribution < -0.4 is 9.46 Å². The van der Waals surface area contributed by atoms with Crippen molar-refractivity contribution in [3.05, 3.63) is 46.6 Å². The second kappa shape index (κ2) is 10.0. The van der Waals surface area contributed by atoms with Crippen LogP contribution in [-0.2, 0) is 21.2 Å². The van der Waals surface area contributed by atoms with Crippen molar-refractivity contribution in [1.29, 1.82) is 0 Å². The smallest absolute Gasteiger partial charge is 0.410 e. The zero-order valence-electron chi connectivity index (χ0n) is 20.2. The number of hydrogen-bond acceptors (Lipinski definition) is 7. The molecule has 0 spiro atoms. The van der Waals surface area contributed by atoms with Crippen LogP contribution in [0.1, 0.15) is 31.9 Å². The number of aryl methyl sites for hydroxylation is 1. The summed E-state index contributed by atoms with van der Waals surface area (Å²) >= 11 is 5.78. The molecule has 1 N–H and O–H groups in total. The Morgan fingerprint density at radius 3 is 2.61 bits per heavy atom. The number of likely N-dealkylation sites (tertiary alicyclic amines) is 1. The highest BCUT2D eigenvalue weighted by molar-refractivity contribution is 7.88. The Balaban J connectivity index is 1.99. The maximum Gasteiger partial charge on any atom is 0.410 e. The first kappa shape index (κ1) is 27.9. The summed E-state index contributed by atoms with van der Waals surface area (Å²) in [7, 11) is -4.11. The van der Waals surface area contributed by atoms with Gasteiger partial charge in [0.2, 0.25) is 21.2 Å². The molecule has 0 aliphatic carbocycles. The molecular weight excluding hydrogens is 525 g/mol. The molecule has 0 saturated carbocycles. The zero-order chi connectivity index (χ0) is 27.1. The van der Waals surface area contributed by atoms with Crippen molar-refractivity contribution in [2.24, 2.45) is 0 Å². The fraction of sp³-hybridized carbons (Fsp3) is 0.500. The number of aromatic nitrogens is 2. The maximum absolute atomic E-state index is 15.4. The van der Waals surface area contributed by atoms with Crippen LogP contribution in [0, 0.1) is 12.7 Å². The van der Waals surface area contributed by atoms with E-state index in [-0.39, 0.29) is 22.5 Å². The van der Waals surface area contributed by atoms with Crippen molar-refractivity contribution in [2.75, 3.05) is 12.8 Å². The first-order chi connectivity index (χ1) is 16.5. The summed E-state index contributed by atoms with van der Waals surface area (Å²) in [5, 5.41) is -0.122. The van der Waals surface area contributed by atoms with Gasteiger partial charge >= 0.3 is 6.09 Å². The lowest BCUT2D eigenvalue weighted by Gasteiger charge is -2.30. The number of carbonyl (C=O) groups excluding carboxylic acids is 1. The van der Waals surface area contributed by atoms with E-state index in [1.807, 2.05) is 4.72 Å². The summed E-state index contributed by atoms with van der Waals surface area (Å²) in [4.78, 5) is 21.2. The minimum Gasteiger partial charge on any atom is -0.444 e. The minimum atomic E-state index is -4.11. The standard InChI is InChI=1S/C22H26ClF3N4O5S/c1-12-10-27-19(23)28-18(12)34-15-8-6-7-13(16(15)24)9-14-17(29-36(5,32)33)22(25,26)11-30(14)20(31)35-21(2,3)4/h6-8,10,14,17,29H,9,11H2,1-5H3/t14-,17+/m0/s1. The minimum absolute atomic E-state index is 0.00884. The lowest BCUT2D eigenvalue weighted by molar-refractivity contribution is -0.0122. The van der Waals surface area contributed by atoms with Crippen LogP contribution in [0.15, 0.2) is 24.4 Å². The first-order valence-electron chi connectivity index (χ1n) is 10.8. The third kappa shape index (κ3) is 6.77. The molecule has 1 amide bonds. The van der Waals surface area contributed by atoms with Gasteiger partial charge in [-0.3, -0.25) is 4.90 Å². The number of halogens is 4. The number of nitrogens with zero attached hydrogens (tertiary/aromatic N) is 3. The van der Waals surface area contributed by atoms with Crippen LogP contribution in [0.2, 0.25) is 5.28 Å². The van der Waals surface area contributed by atoms with Crippen molar-refractivity contribution in [1.82, 2.24) is 19.6 Å². The van der Waals surface area contributed by atoms with Crippen molar-refractivity contribution in [3.8, 4) is 11.6 Å².